The fourth-order valence-corrected chi connectivity index (χ4v) is 1.79. The van der Waals surface area contributed by atoms with E-state index < -0.39 is 23.3 Å². The molecule has 1 rings (SSSR count). The quantitative estimate of drug-likeness (QED) is 0.655. The maximum absolute atomic E-state index is 12.3. The SMILES string of the molecule is Cc1cc(C(=O)N(CC(=O)O)C(C)C)cc([N+](=O)[O-])c1. The highest BCUT2D eigenvalue weighted by molar-refractivity contribution is 5.96. The van der Waals surface area contributed by atoms with Crippen LogP contribution in [0.3, 0.4) is 0 Å². The monoisotopic (exact) mass is 280 g/mol. The first-order chi connectivity index (χ1) is 9.22. The molecule has 7 nitrogen and oxygen atoms in total. The van der Waals surface area contributed by atoms with Crippen molar-refractivity contribution in [2.24, 2.45) is 0 Å². The summed E-state index contributed by atoms with van der Waals surface area (Å²) in [4.78, 5) is 34.4. The summed E-state index contributed by atoms with van der Waals surface area (Å²) in [6.45, 7) is 4.56. The number of non-ortho nitro benzene ring substituents is 1. The van der Waals surface area contributed by atoms with Crippen LogP contribution in [0.5, 0.6) is 0 Å². The van der Waals surface area contributed by atoms with Crippen LogP contribution in [0.4, 0.5) is 5.69 Å². The molecule has 0 saturated carbocycles. The largest absolute Gasteiger partial charge is 0.480 e. The number of amides is 1. The number of nitro benzene ring substituents is 1. The van der Waals surface area contributed by atoms with Crippen molar-refractivity contribution < 1.29 is 19.6 Å². The number of benzene rings is 1. The molecule has 0 spiro atoms. The third kappa shape index (κ3) is 3.78. The lowest BCUT2D eigenvalue weighted by Gasteiger charge is -2.25. The number of hydrogen-bond acceptors (Lipinski definition) is 4. The van der Waals surface area contributed by atoms with Gasteiger partial charge < -0.3 is 10.0 Å². The molecule has 0 atom stereocenters. The normalized spacial score (nSPS) is 10.4. The maximum Gasteiger partial charge on any atom is 0.323 e. The van der Waals surface area contributed by atoms with Crippen molar-refractivity contribution in [1.82, 2.24) is 4.90 Å². The lowest BCUT2D eigenvalue weighted by Crippen LogP contribution is -2.40. The van der Waals surface area contributed by atoms with Crippen molar-refractivity contribution in [1.29, 1.82) is 0 Å². The van der Waals surface area contributed by atoms with Gasteiger partial charge in [-0.15, -0.1) is 0 Å². The van der Waals surface area contributed by atoms with Crippen molar-refractivity contribution in [3.05, 3.63) is 39.4 Å². The van der Waals surface area contributed by atoms with Gasteiger partial charge >= 0.3 is 5.97 Å². The molecule has 108 valence electrons. The fourth-order valence-electron chi connectivity index (χ4n) is 1.79. The molecule has 0 saturated heterocycles. The number of hydrogen-bond donors (Lipinski definition) is 1. The van der Waals surface area contributed by atoms with Crippen LogP contribution in [-0.4, -0.2) is 39.4 Å². The molecule has 1 aromatic carbocycles. The third-order valence-corrected chi connectivity index (χ3v) is 2.71. The van der Waals surface area contributed by atoms with Crippen LogP contribution in [0, 0.1) is 17.0 Å². The zero-order valence-corrected chi connectivity index (χ0v) is 11.5. The van der Waals surface area contributed by atoms with Crippen molar-refractivity contribution in [2.45, 2.75) is 26.8 Å². The lowest BCUT2D eigenvalue weighted by atomic mass is 10.1. The summed E-state index contributed by atoms with van der Waals surface area (Å²) < 4.78 is 0. The van der Waals surface area contributed by atoms with E-state index in [0.29, 0.717) is 5.56 Å². The van der Waals surface area contributed by atoms with Crippen LogP contribution in [0.15, 0.2) is 18.2 Å². The summed E-state index contributed by atoms with van der Waals surface area (Å²) in [5.74, 6) is -1.66. The first-order valence-corrected chi connectivity index (χ1v) is 6.01. The van der Waals surface area contributed by atoms with Gasteiger partial charge in [0.15, 0.2) is 0 Å². The molecule has 0 bridgehead atoms. The van der Waals surface area contributed by atoms with Gasteiger partial charge in [0.05, 0.1) is 4.92 Å². The Hall–Kier alpha value is -2.44. The minimum absolute atomic E-state index is 0.117. The van der Waals surface area contributed by atoms with Gasteiger partial charge in [0.1, 0.15) is 6.54 Å². The molecule has 0 aromatic heterocycles. The molecular weight excluding hydrogens is 264 g/mol. The molecule has 1 aromatic rings. The molecule has 7 heteroatoms. The van der Waals surface area contributed by atoms with Crippen LogP contribution in [-0.2, 0) is 4.79 Å². The van der Waals surface area contributed by atoms with E-state index in [9.17, 15) is 19.7 Å². The molecule has 1 N–H and O–H groups in total. The van der Waals surface area contributed by atoms with Crippen molar-refractivity contribution in [2.75, 3.05) is 6.54 Å². The first-order valence-electron chi connectivity index (χ1n) is 6.01. The number of carbonyl (C=O) groups is 2. The average molecular weight is 280 g/mol. The Balaban J connectivity index is 3.17. The average Bonchev–Trinajstić information content (AvgIpc) is 2.33. The van der Waals surface area contributed by atoms with Gasteiger partial charge in [0, 0.05) is 23.7 Å². The smallest absolute Gasteiger partial charge is 0.323 e. The number of rotatable bonds is 5. The van der Waals surface area contributed by atoms with E-state index in [1.807, 2.05) is 0 Å². The van der Waals surface area contributed by atoms with Gasteiger partial charge in [-0.1, -0.05) is 0 Å². The van der Waals surface area contributed by atoms with Gasteiger partial charge in [0.2, 0.25) is 0 Å². The predicted octanol–water partition coefficient (Wildman–Crippen LogP) is 1.84. The number of aryl methyl sites for hydroxylation is 1. The number of aliphatic carboxylic acids is 1. The van der Waals surface area contributed by atoms with E-state index >= 15 is 0 Å². The minimum atomic E-state index is -1.13. The van der Waals surface area contributed by atoms with Gasteiger partial charge in [-0.05, 0) is 32.4 Å². The zero-order chi connectivity index (χ0) is 15.4. The molecule has 0 aliphatic rings. The Labute approximate surface area is 116 Å². The number of carbonyl (C=O) groups excluding carboxylic acids is 1. The van der Waals surface area contributed by atoms with Crippen molar-refractivity contribution in [3.8, 4) is 0 Å². The topological polar surface area (TPSA) is 101 Å². The Morgan fingerprint density at radius 3 is 2.40 bits per heavy atom. The third-order valence-electron chi connectivity index (χ3n) is 2.71. The second-order valence-electron chi connectivity index (χ2n) is 4.73. The minimum Gasteiger partial charge on any atom is -0.480 e. The molecular formula is C13H16N2O5. The molecule has 0 fully saturated rings. The molecule has 0 aliphatic heterocycles. The molecule has 0 aliphatic carbocycles. The van der Waals surface area contributed by atoms with Gasteiger partial charge in [-0.25, -0.2) is 0 Å². The molecule has 0 unspecified atom stereocenters. The van der Waals surface area contributed by atoms with Crippen LogP contribution >= 0.6 is 0 Å². The standard InChI is InChI=1S/C13H16N2O5/c1-8(2)14(7-12(16)17)13(18)10-4-9(3)5-11(6-10)15(19)20/h4-6,8H,7H2,1-3H3,(H,16,17). The van der Waals surface area contributed by atoms with E-state index in [1.165, 1.54) is 12.1 Å². The summed E-state index contributed by atoms with van der Waals surface area (Å²) >= 11 is 0. The van der Waals surface area contributed by atoms with Gasteiger partial charge in [-0.3, -0.25) is 19.7 Å². The Morgan fingerprint density at radius 2 is 1.95 bits per heavy atom. The molecule has 1 amide bonds. The molecule has 20 heavy (non-hydrogen) atoms. The second-order valence-corrected chi connectivity index (χ2v) is 4.73. The number of nitrogens with zero attached hydrogens (tertiary/aromatic N) is 2. The Morgan fingerprint density at radius 1 is 1.35 bits per heavy atom. The maximum atomic E-state index is 12.3. The first kappa shape index (κ1) is 15.6. The fraction of sp³-hybridized carbons (Fsp3) is 0.385. The summed E-state index contributed by atoms with van der Waals surface area (Å²) in [5, 5.41) is 19.6. The van der Waals surface area contributed by atoms with Gasteiger partial charge in [0.25, 0.3) is 11.6 Å². The van der Waals surface area contributed by atoms with Crippen LogP contribution in [0.25, 0.3) is 0 Å². The summed E-state index contributed by atoms with van der Waals surface area (Å²) in [7, 11) is 0. The molecule has 0 heterocycles. The predicted molar refractivity (Wildman–Crippen MR) is 71.6 cm³/mol. The highest BCUT2D eigenvalue weighted by atomic mass is 16.6. The van der Waals surface area contributed by atoms with E-state index in [-0.39, 0.29) is 17.3 Å². The number of carboxylic acid groups (broad SMARTS) is 1. The Kier molecular flexibility index (Phi) is 4.79. The Bertz CT molecular complexity index is 554. The van der Waals surface area contributed by atoms with Gasteiger partial charge in [-0.2, -0.15) is 0 Å². The van der Waals surface area contributed by atoms with Crippen LogP contribution in [0.2, 0.25) is 0 Å². The van der Waals surface area contributed by atoms with E-state index in [4.69, 9.17) is 5.11 Å². The molecule has 0 radical (unpaired) electrons. The van der Waals surface area contributed by atoms with E-state index in [0.717, 1.165) is 11.0 Å². The number of carboxylic acids is 1. The lowest BCUT2D eigenvalue weighted by molar-refractivity contribution is -0.384. The summed E-state index contributed by atoms with van der Waals surface area (Å²) in [5.41, 5.74) is 0.501. The van der Waals surface area contributed by atoms with Crippen molar-refractivity contribution in [3.63, 3.8) is 0 Å². The summed E-state index contributed by atoms with van der Waals surface area (Å²) in [6.07, 6.45) is 0. The van der Waals surface area contributed by atoms with Crippen LogP contribution < -0.4 is 0 Å². The highest BCUT2D eigenvalue weighted by Crippen LogP contribution is 2.19. The van der Waals surface area contributed by atoms with Crippen molar-refractivity contribution >= 4 is 17.6 Å². The second kappa shape index (κ2) is 6.14. The number of nitro groups is 1. The zero-order valence-electron chi connectivity index (χ0n) is 11.5. The highest BCUT2D eigenvalue weighted by Gasteiger charge is 2.23. The van der Waals surface area contributed by atoms with E-state index in [2.05, 4.69) is 0 Å². The van der Waals surface area contributed by atoms with E-state index in [1.54, 1.807) is 20.8 Å². The van der Waals surface area contributed by atoms with Crippen LogP contribution in [0.1, 0.15) is 29.8 Å². The summed E-state index contributed by atoms with van der Waals surface area (Å²) in [6, 6.07) is 3.70.